The van der Waals surface area contributed by atoms with Crippen LogP contribution in [0.4, 0.5) is 18.0 Å². The number of hydrogen-bond donors (Lipinski definition) is 2. The van der Waals surface area contributed by atoms with E-state index in [4.69, 9.17) is 4.84 Å². The molecule has 38 heavy (non-hydrogen) atoms. The van der Waals surface area contributed by atoms with Crippen LogP contribution in [-0.2, 0) is 4.84 Å². The minimum Gasteiger partial charge on any atom is -0.393 e. The van der Waals surface area contributed by atoms with Crippen molar-refractivity contribution in [3.8, 4) is 0 Å². The first-order valence-electron chi connectivity index (χ1n) is 14.7. The first-order valence-corrected chi connectivity index (χ1v) is 14.7. The summed E-state index contributed by atoms with van der Waals surface area (Å²) in [4.78, 5) is 18.4. The second-order valence-electron chi connectivity index (χ2n) is 13.5. The van der Waals surface area contributed by atoms with E-state index in [-0.39, 0.29) is 36.6 Å². The lowest BCUT2D eigenvalue weighted by atomic mass is 9.44. The van der Waals surface area contributed by atoms with Gasteiger partial charge in [0, 0.05) is 25.0 Å². The quantitative estimate of drug-likeness (QED) is 0.222. The zero-order valence-electron chi connectivity index (χ0n) is 23.8. The van der Waals surface area contributed by atoms with Gasteiger partial charge in [-0.3, -0.25) is 9.74 Å². The molecule has 0 bridgehead atoms. The lowest BCUT2D eigenvalue weighted by Gasteiger charge is -2.61. The molecule has 0 aromatic rings. The lowest BCUT2D eigenvalue weighted by Crippen LogP contribution is -2.54. The van der Waals surface area contributed by atoms with Crippen LogP contribution in [0, 0.1) is 40.4 Å². The SMILES string of the molecule is C/C(=N\OC(=O)N(CCNC(C)C)CC(F)(F)F)[C@H]1CC[C@H]2[C@@H]3CC[C@@H]4C[C@H](O)CC[C@]4(C)[C@H]3CC[C@]12C. The van der Waals surface area contributed by atoms with Crippen LogP contribution in [0.15, 0.2) is 5.16 Å². The van der Waals surface area contributed by atoms with Gasteiger partial charge >= 0.3 is 12.3 Å². The van der Waals surface area contributed by atoms with Crippen molar-refractivity contribution in [1.82, 2.24) is 10.2 Å². The number of halogens is 3. The van der Waals surface area contributed by atoms with Crippen molar-refractivity contribution < 1.29 is 27.9 Å². The van der Waals surface area contributed by atoms with E-state index in [1.807, 2.05) is 20.8 Å². The molecule has 0 aromatic carbocycles. The summed E-state index contributed by atoms with van der Waals surface area (Å²) in [7, 11) is 0. The van der Waals surface area contributed by atoms with Gasteiger partial charge < -0.3 is 10.4 Å². The van der Waals surface area contributed by atoms with Crippen LogP contribution in [0.3, 0.4) is 0 Å². The largest absolute Gasteiger partial charge is 0.436 e. The smallest absolute Gasteiger partial charge is 0.393 e. The normalized spacial score (nSPS) is 39.4. The molecule has 1 amide bonds. The van der Waals surface area contributed by atoms with Crippen LogP contribution >= 0.6 is 0 Å². The van der Waals surface area contributed by atoms with Crippen molar-refractivity contribution in [3.05, 3.63) is 0 Å². The zero-order valence-corrected chi connectivity index (χ0v) is 23.8. The van der Waals surface area contributed by atoms with Gasteiger partial charge in [-0.05, 0) is 99.2 Å². The average Bonchev–Trinajstić information content (AvgIpc) is 3.18. The Morgan fingerprint density at radius 2 is 1.76 bits per heavy atom. The van der Waals surface area contributed by atoms with E-state index < -0.39 is 18.8 Å². The fourth-order valence-corrected chi connectivity index (χ4v) is 9.09. The van der Waals surface area contributed by atoms with Crippen molar-refractivity contribution in [1.29, 1.82) is 0 Å². The van der Waals surface area contributed by atoms with Crippen LogP contribution in [0.2, 0.25) is 0 Å². The number of carbonyl (C=O) groups excluding carboxylic acids is 1. The number of nitrogens with one attached hydrogen (secondary N) is 1. The van der Waals surface area contributed by atoms with Crippen LogP contribution in [0.1, 0.15) is 92.4 Å². The van der Waals surface area contributed by atoms with Crippen LogP contribution in [-0.4, -0.2) is 59.8 Å². The third-order valence-electron chi connectivity index (χ3n) is 11.0. The molecule has 0 aliphatic heterocycles. The van der Waals surface area contributed by atoms with E-state index in [9.17, 15) is 23.1 Å². The predicted molar refractivity (Wildman–Crippen MR) is 142 cm³/mol. The molecule has 0 heterocycles. The molecule has 4 aliphatic rings. The molecule has 8 atom stereocenters. The molecule has 0 unspecified atom stereocenters. The number of alkyl halides is 3. The maximum atomic E-state index is 13.1. The van der Waals surface area contributed by atoms with Gasteiger partial charge in [0.2, 0.25) is 0 Å². The van der Waals surface area contributed by atoms with Crippen molar-refractivity contribution in [2.45, 2.75) is 111 Å². The highest BCUT2D eigenvalue weighted by molar-refractivity contribution is 5.85. The van der Waals surface area contributed by atoms with Gasteiger partial charge in [0.05, 0.1) is 11.8 Å². The second-order valence-corrected chi connectivity index (χ2v) is 13.5. The van der Waals surface area contributed by atoms with Gasteiger partial charge in [-0.2, -0.15) is 13.2 Å². The highest BCUT2D eigenvalue weighted by Gasteiger charge is 2.60. The third kappa shape index (κ3) is 6.03. The first kappa shape index (κ1) is 29.6. The fraction of sp³-hybridized carbons (Fsp3) is 0.931. The van der Waals surface area contributed by atoms with E-state index in [1.54, 1.807) is 0 Å². The Balaban J connectivity index is 1.42. The topological polar surface area (TPSA) is 74.2 Å². The Morgan fingerprint density at radius 3 is 2.45 bits per heavy atom. The van der Waals surface area contributed by atoms with E-state index >= 15 is 0 Å². The number of aliphatic hydroxyl groups is 1. The summed E-state index contributed by atoms with van der Waals surface area (Å²) in [5, 5.41) is 17.5. The molecule has 4 aliphatic carbocycles. The molecule has 0 spiro atoms. The molecule has 4 fully saturated rings. The van der Waals surface area contributed by atoms with E-state index in [0.29, 0.717) is 34.0 Å². The molecule has 0 radical (unpaired) electrons. The van der Waals surface area contributed by atoms with E-state index in [2.05, 4.69) is 24.3 Å². The Hall–Kier alpha value is -1.35. The number of hydrogen-bond acceptors (Lipinski definition) is 5. The number of amides is 1. The summed E-state index contributed by atoms with van der Waals surface area (Å²) < 4.78 is 39.3. The van der Waals surface area contributed by atoms with Gasteiger partial charge in [0.15, 0.2) is 0 Å². The number of oxime groups is 1. The summed E-state index contributed by atoms with van der Waals surface area (Å²) in [5.41, 5.74) is 1.09. The predicted octanol–water partition coefficient (Wildman–Crippen LogP) is 6.38. The molecule has 4 saturated carbocycles. The Kier molecular flexibility index (Phi) is 8.78. The van der Waals surface area contributed by atoms with Gasteiger partial charge in [0.25, 0.3) is 0 Å². The number of rotatable bonds is 7. The summed E-state index contributed by atoms with van der Waals surface area (Å²) in [5.74, 6) is 2.73. The third-order valence-corrected chi connectivity index (χ3v) is 11.0. The molecule has 9 heteroatoms. The molecular formula is C29H48F3N3O3. The lowest BCUT2D eigenvalue weighted by molar-refractivity contribution is -0.142. The van der Waals surface area contributed by atoms with Gasteiger partial charge in [-0.25, -0.2) is 4.79 Å². The van der Waals surface area contributed by atoms with Gasteiger partial charge in [-0.15, -0.1) is 0 Å². The molecular weight excluding hydrogens is 495 g/mol. The highest BCUT2D eigenvalue weighted by atomic mass is 19.4. The minimum absolute atomic E-state index is 0.0609. The molecule has 0 saturated heterocycles. The Bertz CT molecular complexity index is 881. The van der Waals surface area contributed by atoms with Gasteiger partial charge in [-0.1, -0.05) is 32.9 Å². The summed E-state index contributed by atoms with van der Waals surface area (Å²) in [6.07, 6.45) is 4.03. The fourth-order valence-electron chi connectivity index (χ4n) is 9.09. The molecule has 6 nitrogen and oxygen atoms in total. The average molecular weight is 544 g/mol. The van der Waals surface area contributed by atoms with Crippen molar-refractivity contribution in [2.75, 3.05) is 19.6 Å². The number of nitrogens with zero attached hydrogens (tertiary/aromatic N) is 2. The van der Waals surface area contributed by atoms with Crippen molar-refractivity contribution >= 4 is 11.8 Å². The standard InChI is InChI=1S/C29H48F3N3O3/c1-18(2)33-14-15-35(17-29(30,31)32)26(37)38-34-19(3)23-8-9-24-22-7-6-20-16-21(36)10-12-27(20,4)25(22)11-13-28(23,24)5/h18,20-25,33,36H,6-17H2,1-5H3/b34-19+/t20-,21-,22+,23-,24+,25+,27+,28-/m1/s1. The van der Waals surface area contributed by atoms with Crippen molar-refractivity contribution in [3.63, 3.8) is 0 Å². The number of fused-ring (bicyclic) bond motifs is 5. The molecule has 0 aromatic heterocycles. The molecule has 4 rings (SSSR count). The maximum Gasteiger partial charge on any atom is 0.436 e. The Morgan fingerprint density at radius 1 is 1.08 bits per heavy atom. The number of carbonyl (C=O) groups is 1. The monoisotopic (exact) mass is 543 g/mol. The molecule has 2 N–H and O–H groups in total. The van der Waals surface area contributed by atoms with Crippen LogP contribution < -0.4 is 5.32 Å². The zero-order chi connectivity index (χ0) is 27.9. The molecule has 218 valence electrons. The Labute approximate surface area is 226 Å². The van der Waals surface area contributed by atoms with Crippen LogP contribution in [0.25, 0.3) is 0 Å². The van der Waals surface area contributed by atoms with E-state index in [1.165, 1.54) is 19.3 Å². The van der Waals surface area contributed by atoms with Gasteiger partial charge in [0.1, 0.15) is 6.54 Å². The summed E-state index contributed by atoms with van der Waals surface area (Å²) in [6.45, 7) is 9.28. The minimum atomic E-state index is -4.51. The van der Waals surface area contributed by atoms with Crippen molar-refractivity contribution in [2.24, 2.45) is 45.6 Å². The van der Waals surface area contributed by atoms with Crippen LogP contribution in [0.5, 0.6) is 0 Å². The summed E-state index contributed by atoms with van der Waals surface area (Å²) in [6, 6.07) is 0.104. The highest BCUT2D eigenvalue weighted by Crippen LogP contribution is 2.67. The van der Waals surface area contributed by atoms with E-state index in [0.717, 1.165) is 44.2 Å². The number of aliphatic hydroxyl groups excluding tert-OH is 1. The summed E-state index contributed by atoms with van der Waals surface area (Å²) >= 11 is 0. The maximum absolute atomic E-state index is 13.1. The second kappa shape index (κ2) is 11.3. The first-order chi connectivity index (χ1) is 17.7.